The zero-order valence-corrected chi connectivity index (χ0v) is 31.6. The third-order valence-corrected chi connectivity index (χ3v) is 11.7. The predicted molar refractivity (Wildman–Crippen MR) is 197 cm³/mol. The molecule has 50 heavy (non-hydrogen) atoms. The van der Waals surface area contributed by atoms with E-state index in [0.29, 0.717) is 29.8 Å². The van der Waals surface area contributed by atoms with E-state index in [-0.39, 0.29) is 46.5 Å². The van der Waals surface area contributed by atoms with Crippen LogP contribution >= 0.6 is 23.2 Å². The fourth-order valence-electron chi connectivity index (χ4n) is 6.10. The van der Waals surface area contributed by atoms with Crippen molar-refractivity contribution >= 4 is 57.5 Å². The zero-order chi connectivity index (χ0) is 36.8. The Bertz CT molecular complexity index is 1720. The number of anilines is 1. The van der Waals surface area contributed by atoms with Gasteiger partial charge in [-0.2, -0.15) is 0 Å². The lowest BCUT2D eigenvalue weighted by Crippen LogP contribution is -2.56. The third-order valence-electron chi connectivity index (χ3n) is 9.09. The molecule has 8 nitrogen and oxygen atoms in total. The first kappa shape index (κ1) is 39.3. The first-order chi connectivity index (χ1) is 23.6. The number of nitrogens with zero attached hydrogens (tertiary/aromatic N) is 1. The quantitative estimate of drug-likeness (QED) is 0.209. The number of hydrogen-bond donors (Lipinski definition) is 1. The van der Waals surface area contributed by atoms with Gasteiger partial charge in [-0.3, -0.25) is 13.8 Å². The van der Waals surface area contributed by atoms with Crippen molar-refractivity contribution in [1.82, 2.24) is 4.90 Å². The molecule has 3 aromatic rings. The Morgan fingerprint density at radius 3 is 2.26 bits per heavy atom. The molecule has 0 aromatic heterocycles. The number of benzene rings is 3. The summed E-state index contributed by atoms with van der Waals surface area (Å²) in [5.74, 6) is -0.977. The highest BCUT2D eigenvalue weighted by atomic mass is 35.5. The van der Waals surface area contributed by atoms with Gasteiger partial charge in [-0.25, -0.2) is 9.18 Å². The van der Waals surface area contributed by atoms with Crippen molar-refractivity contribution in [2.24, 2.45) is 11.3 Å². The van der Waals surface area contributed by atoms with Crippen LogP contribution in [0.1, 0.15) is 81.8 Å². The van der Waals surface area contributed by atoms with Crippen LogP contribution in [0, 0.1) is 17.2 Å². The number of amides is 2. The first-order valence-corrected chi connectivity index (χ1v) is 18.6. The SMILES string of the molecule is COC(=O)c1ccc(NC(=O)C[C@@]2(C)CCC(c3ccc(Cl)c(F)c3)N(C(CS(=O)C(C)(C)C)C3CC3)C2=O)cc1OC.Clc1ccccc1. The second kappa shape index (κ2) is 16.7. The zero-order valence-electron chi connectivity index (χ0n) is 29.3. The number of rotatable bonds is 10. The van der Waals surface area contributed by atoms with E-state index in [1.165, 1.54) is 38.5 Å². The number of halogens is 3. The Balaban J connectivity index is 0.000000714. The highest BCUT2D eigenvalue weighted by molar-refractivity contribution is 7.86. The molecular formula is C38H45Cl2FN2O6S. The lowest BCUT2D eigenvalue weighted by molar-refractivity contribution is -0.155. The number of carbonyl (C=O) groups is 3. The molecule has 5 rings (SSSR count). The molecule has 270 valence electrons. The van der Waals surface area contributed by atoms with Gasteiger partial charge in [0.2, 0.25) is 11.8 Å². The molecule has 0 bridgehead atoms. The van der Waals surface area contributed by atoms with Gasteiger partial charge in [-0.05, 0) is 94.3 Å². The van der Waals surface area contributed by atoms with Crippen LogP contribution in [-0.2, 0) is 25.1 Å². The van der Waals surface area contributed by atoms with E-state index in [0.717, 1.165) is 17.9 Å². The van der Waals surface area contributed by atoms with E-state index in [2.05, 4.69) is 5.32 Å². The third kappa shape index (κ3) is 9.86. The smallest absolute Gasteiger partial charge is 0.341 e. The summed E-state index contributed by atoms with van der Waals surface area (Å²) in [6.07, 6.45) is 2.64. The van der Waals surface area contributed by atoms with Gasteiger partial charge in [0.25, 0.3) is 0 Å². The fourth-order valence-corrected chi connectivity index (χ4v) is 7.60. The first-order valence-electron chi connectivity index (χ1n) is 16.5. The van der Waals surface area contributed by atoms with Gasteiger partial charge in [0.15, 0.2) is 0 Å². The normalized spacial score (nSPS) is 20.2. The van der Waals surface area contributed by atoms with Crippen LogP contribution in [0.2, 0.25) is 10.0 Å². The summed E-state index contributed by atoms with van der Waals surface area (Å²) in [6.45, 7) is 7.53. The molecular weight excluding hydrogens is 702 g/mol. The lowest BCUT2D eigenvalue weighted by atomic mass is 9.74. The standard InChI is InChI=1S/C32H40ClFN2O6S.C6H5Cl/c1-31(2,3)43(40)18-26(19-7-8-19)36-25(20-9-12-23(33)24(34)15-20)13-14-32(4,30(36)39)17-28(37)35-21-10-11-22(29(38)42-6)27(16-21)41-5;7-6-4-2-1-3-5-6/h9-12,15-16,19,25-26H,7-8,13-14,17-18H2,1-6H3,(H,35,37);1-5H/t25?,26?,32-,43?;/m1./s1. The van der Waals surface area contributed by atoms with Crippen LogP contribution in [-0.4, -0.2) is 57.7 Å². The number of ether oxygens (including phenoxy) is 2. The minimum Gasteiger partial charge on any atom is -0.496 e. The molecule has 3 unspecified atom stereocenters. The highest BCUT2D eigenvalue weighted by Gasteiger charge is 2.51. The molecule has 0 radical (unpaired) electrons. The largest absolute Gasteiger partial charge is 0.496 e. The second-order valence-corrected chi connectivity index (χ2v) is 17.1. The Morgan fingerprint density at radius 1 is 1.04 bits per heavy atom. The van der Waals surface area contributed by atoms with E-state index < -0.39 is 38.8 Å². The van der Waals surface area contributed by atoms with Crippen molar-refractivity contribution in [3.8, 4) is 5.75 Å². The van der Waals surface area contributed by atoms with Crippen LogP contribution < -0.4 is 10.1 Å². The van der Waals surface area contributed by atoms with Crippen molar-refractivity contribution in [2.45, 2.75) is 76.6 Å². The summed E-state index contributed by atoms with van der Waals surface area (Å²) in [6, 6.07) is 17.9. The Kier molecular flexibility index (Phi) is 13.1. The topological polar surface area (TPSA) is 102 Å². The van der Waals surface area contributed by atoms with E-state index in [1.807, 2.05) is 51.1 Å². The van der Waals surface area contributed by atoms with Gasteiger partial charge in [0, 0.05) is 50.5 Å². The van der Waals surface area contributed by atoms with Gasteiger partial charge in [0.1, 0.15) is 17.1 Å². The minimum atomic E-state index is -1.23. The molecule has 12 heteroatoms. The van der Waals surface area contributed by atoms with E-state index >= 15 is 0 Å². The minimum absolute atomic E-state index is 0.00257. The van der Waals surface area contributed by atoms with Crippen LogP contribution in [0.3, 0.4) is 0 Å². The Labute approximate surface area is 306 Å². The summed E-state index contributed by atoms with van der Waals surface area (Å²) >= 11 is 11.5. The van der Waals surface area contributed by atoms with Gasteiger partial charge in [0.05, 0.1) is 30.7 Å². The Hall–Kier alpha value is -3.47. The number of likely N-dealkylation sites (tertiary alicyclic amines) is 1. The van der Waals surface area contributed by atoms with Crippen molar-refractivity contribution in [3.63, 3.8) is 0 Å². The molecule has 1 heterocycles. The van der Waals surface area contributed by atoms with E-state index in [1.54, 1.807) is 24.0 Å². The summed E-state index contributed by atoms with van der Waals surface area (Å²) in [7, 11) is 1.45. The molecule has 0 spiro atoms. The maximum Gasteiger partial charge on any atom is 0.341 e. The van der Waals surface area contributed by atoms with Crippen LogP contribution in [0.4, 0.5) is 10.1 Å². The van der Waals surface area contributed by atoms with Crippen molar-refractivity contribution in [3.05, 3.63) is 93.7 Å². The Morgan fingerprint density at radius 2 is 1.72 bits per heavy atom. The molecule has 3 aromatic carbocycles. The molecule has 1 saturated heterocycles. The van der Waals surface area contributed by atoms with Crippen LogP contribution in [0.15, 0.2) is 66.7 Å². The lowest BCUT2D eigenvalue weighted by Gasteiger charge is -2.48. The molecule has 1 aliphatic heterocycles. The summed E-state index contributed by atoms with van der Waals surface area (Å²) in [4.78, 5) is 41.6. The van der Waals surface area contributed by atoms with Crippen molar-refractivity contribution < 1.29 is 32.5 Å². The van der Waals surface area contributed by atoms with Crippen LogP contribution in [0.25, 0.3) is 0 Å². The average molecular weight is 748 g/mol. The number of esters is 1. The van der Waals surface area contributed by atoms with Crippen molar-refractivity contribution in [2.75, 3.05) is 25.3 Å². The maximum atomic E-state index is 14.6. The molecule has 2 fully saturated rings. The van der Waals surface area contributed by atoms with E-state index in [9.17, 15) is 23.0 Å². The molecule has 4 atom stereocenters. The fraction of sp³-hybridized carbons (Fsp3) is 0.447. The van der Waals surface area contributed by atoms with Crippen LogP contribution in [0.5, 0.6) is 5.75 Å². The number of carbonyl (C=O) groups excluding carboxylic acids is 3. The monoisotopic (exact) mass is 746 g/mol. The number of methoxy groups -OCH3 is 2. The summed E-state index contributed by atoms with van der Waals surface area (Å²) in [5, 5.41) is 3.62. The number of piperidine rings is 1. The summed E-state index contributed by atoms with van der Waals surface area (Å²) < 4.78 is 37.6. The predicted octanol–water partition coefficient (Wildman–Crippen LogP) is 8.64. The highest BCUT2D eigenvalue weighted by Crippen LogP contribution is 2.48. The summed E-state index contributed by atoms with van der Waals surface area (Å²) in [5.41, 5.74) is 0.213. The average Bonchev–Trinajstić information content (AvgIpc) is 3.92. The molecule has 2 amide bonds. The molecule has 2 aliphatic rings. The van der Waals surface area contributed by atoms with Gasteiger partial charge < -0.3 is 19.7 Å². The van der Waals surface area contributed by atoms with Gasteiger partial charge >= 0.3 is 5.97 Å². The second-order valence-electron chi connectivity index (χ2n) is 14.0. The molecule has 1 saturated carbocycles. The molecule has 1 N–H and O–H groups in total. The van der Waals surface area contributed by atoms with Crippen molar-refractivity contribution in [1.29, 1.82) is 0 Å². The molecule has 1 aliphatic carbocycles. The number of hydrogen-bond acceptors (Lipinski definition) is 6. The van der Waals surface area contributed by atoms with Gasteiger partial charge in [-0.15, -0.1) is 0 Å². The maximum absolute atomic E-state index is 14.6. The number of nitrogens with one attached hydrogen (secondary N) is 1. The van der Waals surface area contributed by atoms with Gasteiger partial charge in [-0.1, -0.05) is 54.4 Å². The van der Waals surface area contributed by atoms with E-state index in [4.69, 9.17) is 32.7 Å².